The molecular weight excluding hydrogens is 316 g/mol. The summed E-state index contributed by atoms with van der Waals surface area (Å²) in [5.74, 6) is 0.757. The predicted molar refractivity (Wildman–Crippen MR) is 95.3 cm³/mol. The van der Waals surface area contributed by atoms with Gasteiger partial charge in [-0.3, -0.25) is 0 Å². The molecule has 0 fully saturated rings. The summed E-state index contributed by atoms with van der Waals surface area (Å²) < 4.78 is 1.51. The van der Waals surface area contributed by atoms with Crippen molar-refractivity contribution in [2.45, 2.75) is 19.9 Å². The number of hydrogen-bond acceptors (Lipinski definition) is 4. The van der Waals surface area contributed by atoms with Gasteiger partial charge in [-0.1, -0.05) is 44.2 Å². The summed E-state index contributed by atoms with van der Waals surface area (Å²) in [4.78, 5) is 20.7. The van der Waals surface area contributed by atoms with Crippen molar-refractivity contribution in [3.8, 4) is 5.82 Å². The zero-order valence-electron chi connectivity index (χ0n) is 14.1. The van der Waals surface area contributed by atoms with Gasteiger partial charge < -0.3 is 10.6 Å². The number of carbonyl (C=O) groups is 1. The lowest BCUT2D eigenvalue weighted by molar-refractivity contribution is 0.244. The molecule has 7 nitrogen and oxygen atoms in total. The van der Waals surface area contributed by atoms with Crippen LogP contribution in [0.15, 0.2) is 61.3 Å². The van der Waals surface area contributed by atoms with E-state index in [4.69, 9.17) is 0 Å². The van der Waals surface area contributed by atoms with Gasteiger partial charge in [-0.05, 0) is 23.6 Å². The van der Waals surface area contributed by atoms with E-state index >= 15 is 0 Å². The third-order valence-corrected chi connectivity index (χ3v) is 3.78. The molecule has 2 N–H and O–H groups in total. The number of anilines is 1. The van der Waals surface area contributed by atoms with Crippen molar-refractivity contribution in [1.82, 2.24) is 25.1 Å². The summed E-state index contributed by atoms with van der Waals surface area (Å²) >= 11 is 0. The summed E-state index contributed by atoms with van der Waals surface area (Å²) in [6.07, 6.45) is 4.59. The van der Waals surface area contributed by atoms with Crippen LogP contribution in [0.4, 0.5) is 10.5 Å². The van der Waals surface area contributed by atoms with Gasteiger partial charge in [-0.15, -0.1) is 0 Å². The maximum Gasteiger partial charge on any atom is 0.319 e. The standard InChI is InChI=1S/C18H20N6O/c1-13(2)16(14-7-4-3-5-8-14)23-18(25)22-15-9-6-10-20-17(15)24-12-19-11-21-24/h3-13,16H,1-2H3,(H2,22,23,25). The van der Waals surface area contributed by atoms with Crippen molar-refractivity contribution >= 4 is 11.7 Å². The highest BCUT2D eigenvalue weighted by Crippen LogP contribution is 2.22. The van der Waals surface area contributed by atoms with Gasteiger partial charge >= 0.3 is 6.03 Å². The number of aromatic nitrogens is 4. The maximum absolute atomic E-state index is 12.5. The minimum Gasteiger partial charge on any atom is -0.331 e. The summed E-state index contributed by atoms with van der Waals surface area (Å²) in [7, 11) is 0. The van der Waals surface area contributed by atoms with E-state index in [1.54, 1.807) is 18.3 Å². The molecule has 0 aliphatic rings. The van der Waals surface area contributed by atoms with Gasteiger partial charge in [-0.2, -0.15) is 5.10 Å². The fourth-order valence-electron chi connectivity index (χ4n) is 2.59. The quantitative estimate of drug-likeness (QED) is 0.749. The van der Waals surface area contributed by atoms with E-state index in [0.717, 1.165) is 5.56 Å². The van der Waals surface area contributed by atoms with Crippen molar-refractivity contribution < 1.29 is 4.79 Å². The fourth-order valence-corrected chi connectivity index (χ4v) is 2.59. The molecule has 0 bridgehead atoms. The van der Waals surface area contributed by atoms with Gasteiger partial charge in [0.25, 0.3) is 0 Å². The summed E-state index contributed by atoms with van der Waals surface area (Å²) in [5.41, 5.74) is 1.62. The second-order valence-electron chi connectivity index (χ2n) is 5.95. The lowest BCUT2D eigenvalue weighted by atomic mass is 9.96. The van der Waals surface area contributed by atoms with E-state index in [1.807, 2.05) is 30.3 Å². The summed E-state index contributed by atoms with van der Waals surface area (Å²) in [6, 6.07) is 13.1. The Morgan fingerprint density at radius 1 is 1.12 bits per heavy atom. The highest BCUT2D eigenvalue weighted by molar-refractivity contribution is 5.91. The zero-order valence-corrected chi connectivity index (χ0v) is 14.1. The minimum absolute atomic E-state index is 0.0901. The SMILES string of the molecule is CC(C)C(NC(=O)Nc1cccnc1-n1cncn1)c1ccccc1. The van der Waals surface area contributed by atoms with E-state index in [1.165, 1.54) is 17.3 Å². The minimum atomic E-state index is -0.295. The smallest absolute Gasteiger partial charge is 0.319 e. The average Bonchev–Trinajstić information content (AvgIpc) is 3.15. The fraction of sp³-hybridized carbons (Fsp3) is 0.222. The molecule has 3 rings (SSSR count). The van der Waals surface area contributed by atoms with Gasteiger partial charge in [0.15, 0.2) is 5.82 Å². The molecular formula is C18H20N6O. The number of amides is 2. The van der Waals surface area contributed by atoms with Crippen LogP contribution < -0.4 is 10.6 Å². The Morgan fingerprint density at radius 3 is 2.60 bits per heavy atom. The molecule has 0 saturated carbocycles. The molecule has 2 amide bonds. The van der Waals surface area contributed by atoms with Crippen LogP contribution in [0.2, 0.25) is 0 Å². The Kier molecular flexibility index (Phi) is 5.03. The van der Waals surface area contributed by atoms with Gasteiger partial charge in [0, 0.05) is 6.20 Å². The molecule has 2 heterocycles. The Bertz CT molecular complexity index is 817. The molecule has 0 aliphatic heterocycles. The number of urea groups is 1. The van der Waals surface area contributed by atoms with Gasteiger partial charge in [0.2, 0.25) is 0 Å². The first kappa shape index (κ1) is 16.6. The van der Waals surface area contributed by atoms with E-state index < -0.39 is 0 Å². The monoisotopic (exact) mass is 336 g/mol. The zero-order chi connectivity index (χ0) is 17.6. The number of rotatable bonds is 5. The Hall–Kier alpha value is -3.22. The first-order valence-corrected chi connectivity index (χ1v) is 8.07. The molecule has 0 aliphatic carbocycles. The van der Waals surface area contributed by atoms with Gasteiger partial charge in [0.1, 0.15) is 12.7 Å². The van der Waals surface area contributed by atoms with Crippen LogP contribution in [0.25, 0.3) is 5.82 Å². The maximum atomic E-state index is 12.5. The molecule has 0 radical (unpaired) electrons. The number of nitrogens with zero attached hydrogens (tertiary/aromatic N) is 4. The van der Waals surface area contributed by atoms with Crippen LogP contribution in [-0.4, -0.2) is 25.8 Å². The number of hydrogen-bond donors (Lipinski definition) is 2. The Balaban J connectivity index is 1.77. The van der Waals surface area contributed by atoms with Gasteiger partial charge in [0.05, 0.1) is 11.7 Å². The molecule has 1 atom stereocenters. The summed E-state index contributed by atoms with van der Waals surface area (Å²) in [6.45, 7) is 4.14. The van der Waals surface area contributed by atoms with Crippen molar-refractivity contribution in [1.29, 1.82) is 0 Å². The Morgan fingerprint density at radius 2 is 1.92 bits per heavy atom. The lowest BCUT2D eigenvalue weighted by Gasteiger charge is -2.23. The first-order valence-electron chi connectivity index (χ1n) is 8.07. The average molecular weight is 336 g/mol. The van der Waals surface area contributed by atoms with E-state index in [2.05, 4.69) is 39.5 Å². The lowest BCUT2D eigenvalue weighted by Crippen LogP contribution is -2.35. The molecule has 7 heteroatoms. The Labute approximate surface area is 146 Å². The highest BCUT2D eigenvalue weighted by atomic mass is 16.2. The molecule has 1 aromatic carbocycles. The number of carbonyl (C=O) groups excluding carboxylic acids is 1. The first-order chi connectivity index (χ1) is 12.1. The van der Waals surface area contributed by atoms with Crippen molar-refractivity contribution in [2.24, 2.45) is 5.92 Å². The molecule has 0 saturated heterocycles. The highest BCUT2D eigenvalue weighted by Gasteiger charge is 2.19. The normalized spacial score (nSPS) is 12.0. The molecule has 3 aromatic rings. The third-order valence-electron chi connectivity index (χ3n) is 3.78. The van der Waals surface area contributed by atoms with Gasteiger partial charge in [-0.25, -0.2) is 19.4 Å². The largest absolute Gasteiger partial charge is 0.331 e. The third kappa shape index (κ3) is 4.00. The predicted octanol–water partition coefficient (Wildman–Crippen LogP) is 3.18. The van der Waals surface area contributed by atoms with E-state index in [-0.39, 0.29) is 18.0 Å². The van der Waals surface area contributed by atoms with Crippen molar-refractivity contribution in [3.63, 3.8) is 0 Å². The van der Waals surface area contributed by atoms with Crippen LogP contribution in [-0.2, 0) is 0 Å². The van der Waals surface area contributed by atoms with E-state index in [0.29, 0.717) is 11.5 Å². The van der Waals surface area contributed by atoms with Crippen LogP contribution in [0.5, 0.6) is 0 Å². The molecule has 0 spiro atoms. The molecule has 25 heavy (non-hydrogen) atoms. The number of pyridine rings is 1. The second kappa shape index (κ2) is 7.57. The molecule has 1 unspecified atom stereocenters. The van der Waals surface area contributed by atoms with Crippen LogP contribution in [0, 0.1) is 5.92 Å². The second-order valence-corrected chi connectivity index (χ2v) is 5.95. The molecule has 2 aromatic heterocycles. The van der Waals surface area contributed by atoms with Crippen molar-refractivity contribution in [2.75, 3.05) is 5.32 Å². The van der Waals surface area contributed by atoms with Crippen LogP contribution >= 0.6 is 0 Å². The number of benzene rings is 1. The molecule has 128 valence electrons. The topological polar surface area (TPSA) is 84.7 Å². The van der Waals surface area contributed by atoms with Crippen LogP contribution in [0.1, 0.15) is 25.5 Å². The van der Waals surface area contributed by atoms with E-state index in [9.17, 15) is 4.79 Å². The number of nitrogens with one attached hydrogen (secondary N) is 2. The summed E-state index contributed by atoms with van der Waals surface area (Å²) in [5, 5.41) is 9.95. The van der Waals surface area contributed by atoms with Crippen molar-refractivity contribution in [3.05, 3.63) is 66.9 Å². The van der Waals surface area contributed by atoms with Crippen LogP contribution in [0.3, 0.4) is 0 Å².